The summed E-state index contributed by atoms with van der Waals surface area (Å²) >= 11 is 0. The fourth-order valence-corrected chi connectivity index (χ4v) is 1.61. The van der Waals surface area contributed by atoms with Crippen LogP contribution < -0.4 is 5.32 Å². The summed E-state index contributed by atoms with van der Waals surface area (Å²) in [6, 6.07) is 0. The van der Waals surface area contributed by atoms with Crippen LogP contribution in [0.5, 0.6) is 0 Å². The van der Waals surface area contributed by atoms with Crippen molar-refractivity contribution in [3.63, 3.8) is 0 Å². The van der Waals surface area contributed by atoms with Crippen LogP contribution in [0, 0.1) is 17.8 Å². The van der Waals surface area contributed by atoms with Crippen LogP contribution in [0.3, 0.4) is 0 Å². The summed E-state index contributed by atoms with van der Waals surface area (Å²) < 4.78 is 0. The highest BCUT2D eigenvalue weighted by Crippen LogP contribution is 2.09. The van der Waals surface area contributed by atoms with Gasteiger partial charge in [-0.3, -0.25) is 4.99 Å². The first-order valence-corrected chi connectivity index (χ1v) is 5.69. The Bertz CT molecular complexity index is 285. The van der Waals surface area contributed by atoms with E-state index in [-0.39, 0.29) is 0 Å². The van der Waals surface area contributed by atoms with Gasteiger partial charge < -0.3 is 5.32 Å². The third-order valence-electron chi connectivity index (χ3n) is 2.59. The van der Waals surface area contributed by atoms with E-state index in [9.17, 15) is 0 Å². The summed E-state index contributed by atoms with van der Waals surface area (Å²) in [5.74, 6) is 7.06. The monoisotopic (exact) mass is 204 g/mol. The van der Waals surface area contributed by atoms with Gasteiger partial charge in [-0.05, 0) is 44.0 Å². The lowest BCUT2D eigenvalue weighted by Gasteiger charge is -2.16. The summed E-state index contributed by atoms with van der Waals surface area (Å²) in [6.07, 6.45) is 7.25. The maximum Gasteiger partial charge on any atom is 0.0277 e. The molecule has 1 heterocycles. The molecule has 82 valence electrons. The van der Waals surface area contributed by atoms with Crippen LogP contribution in [-0.2, 0) is 0 Å². The van der Waals surface area contributed by atoms with Crippen molar-refractivity contribution in [2.75, 3.05) is 20.1 Å². The minimum Gasteiger partial charge on any atom is -0.317 e. The second kappa shape index (κ2) is 7.25. The molecule has 0 aliphatic carbocycles. The standard InChI is InChI=1S/C13H20N2/c1-3-12(11-14-2)5-4-6-13-7-9-15-10-8-13/h5,11,13,15H,3,7-10H2,1-2H3/b12-5-,14-11?. The van der Waals surface area contributed by atoms with Crippen molar-refractivity contribution in [1.29, 1.82) is 0 Å². The Kier molecular flexibility index (Phi) is 5.80. The molecule has 0 radical (unpaired) electrons. The smallest absolute Gasteiger partial charge is 0.0277 e. The Hall–Kier alpha value is -1.07. The van der Waals surface area contributed by atoms with Crippen LogP contribution in [-0.4, -0.2) is 26.4 Å². The number of hydrogen-bond acceptors (Lipinski definition) is 2. The molecule has 2 nitrogen and oxygen atoms in total. The predicted molar refractivity (Wildman–Crippen MR) is 66.2 cm³/mol. The first-order chi connectivity index (χ1) is 7.36. The van der Waals surface area contributed by atoms with Gasteiger partial charge in [-0.25, -0.2) is 0 Å². The molecule has 15 heavy (non-hydrogen) atoms. The molecule has 0 aromatic heterocycles. The Morgan fingerprint density at radius 3 is 2.80 bits per heavy atom. The summed E-state index contributed by atoms with van der Waals surface area (Å²) in [4.78, 5) is 4.00. The molecular weight excluding hydrogens is 184 g/mol. The van der Waals surface area contributed by atoms with E-state index in [4.69, 9.17) is 0 Å². The molecule has 0 aromatic carbocycles. The van der Waals surface area contributed by atoms with Crippen LogP contribution in [0.15, 0.2) is 16.6 Å². The van der Waals surface area contributed by atoms with E-state index in [0.29, 0.717) is 5.92 Å². The molecule has 1 aliphatic rings. The largest absolute Gasteiger partial charge is 0.317 e. The van der Waals surface area contributed by atoms with Gasteiger partial charge in [0.1, 0.15) is 0 Å². The molecule has 2 heteroatoms. The normalized spacial score (nSPS) is 18.9. The van der Waals surface area contributed by atoms with Gasteiger partial charge in [-0.15, -0.1) is 0 Å². The number of nitrogens with zero attached hydrogens (tertiary/aromatic N) is 1. The lowest BCUT2D eigenvalue weighted by molar-refractivity contribution is 0.447. The Balaban J connectivity index is 2.48. The molecule has 0 aromatic rings. The molecule has 1 rings (SSSR count). The number of allylic oxidation sites excluding steroid dienone is 2. The first kappa shape index (κ1) is 12.0. The minimum atomic E-state index is 0.583. The quantitative estimate of drug-likeness (QED) is 0.540. The van der Waals surface area contributed by atoms with E-state index >= 15 is 0 Å². The molecule has 1 fully saturated rings. The van der Waals surface area contributed by atoms with E-state index in [0.717, 1.165) is 19.5 Å². The van der Waals surface area contributed by atoms with E-state index < -0.39 is 0 Å². The molecule has 0 unspecified atom stereocenters. The van der Waals surface area contributed by atoms with Crippen LogP contribution in [0.2, 0.25) is 0 Å². The second-order valence-electron chi connectivity index (χ2n) is 3.77. The zero-order valence-corrected chi connectivity index (χ0v) is 9.71. The first-order valence-electron chi connectivity index (χ1n) is 5.69. The lowest BCUT2D eigenvalue weighted by atomic mass is 9.99. The molecule has 1 aliphatic heterocycles. The van der Waals surface area contributed by atoms with Gasteiger partial charge in [0.05, 0.1) is 0 Å². The van der Waals surface area contributed by atoms with Gasteiger partial charge in [-0.2, -0.15) is 0 Å². The van der Waals surface area contributed by atoms with E-state index in [1.807, 2.05) is 12.3 Å². The number of hydrogen-bond donors (Lipinski definition) is 1. The van der Waals surface area contributed by atoms with Crippen molar-refractivity contribution in [2.24, 2.45) is 10.9 Å². The van der Waals surface area contributed by atoms with Crippen molar-refractivity contribution in [1.82, 2.24) is 5.32 Å². The topological polar surface area (TPSA) is 24.4 Å². The maximum atomic E-state index is 4.00. The van der Waals surface area contributed by atoms with E-state index in [1.54, 1.807) is 7.05 Å². The molecule has 0 spiro atoms. The van der Waals surface area contributed by atoms with Crippen molar-refractivity contribution in [2.45, 2.75) is 26.2 Å². The number of piperidine rings is 1. The Morgan fingerprint density at radius 2 is 2.20 bits per heavy atom. The summed E-state index contributed by atoms with van der Waals surface area (Å²) in [7, 11) is 1.80. The Labute approximate surface area is 92.9 Å². The van der Waals surface area contributed by atoms with Gasteiger partial charge in [-0.1, -0.05) is 18.8 Å². The molecule has 0 atom stereocenters. The second-order valence-corrected chi connectivity index (χ2v) is 3.77. The van der Waals surface area contributed by atoms with E-state index in [1.165, 1.54) is 18.4 Å². The fraction of sp³-hybridized carbons (Fsp3) is 0.615. The summed E-state index contributed by atoms with van der Waals surface area (Å²) in [6.45, 7) is 4.35. The molecule has 1 saturated heterocycles. The maximum absolute atomic E-state index is 4.00. The third-order valence-corrected chi connectivity index (χ3v) is 2.59. The highest BCUT2D eigenvalue weighted by atomic mass is 14.9. The van der Waals surface area contributed by atoms with Crippen molar-refractivity contribution in [3.8, 4) is 11.8 Å². The molecule has 0 amide bonds. The molecular formula is C13H20N2. The number of nitrogens with one attached hydrogen (secondary N) is 1. The zero-order valence-electron chi connectivity index (χ0n) is 9.71. The van der Waals surface area contributed by atoms with Gasteiger partial charge in [0.25, 0.3) is 0 Å². The van der Waals surface area contributed by atoms with Gasteiger partial charge >= 0.3 is 0 Å². The highest BCUT2D eigenvalue weighted by molar-refractivity contribution is 5.79. The lowest BCUT2D eigenvalue weighted by Crippen LogP contribution is -2.26. The third kappa shape index (κ3) is 4.80. The van der Waals surface area contributed by atoms with Crippen LogP contribution in [0.25, 0.3) is 0 Å². The van der Waals surface area contributed by atoms with Gasteiger partial charge in [0.15, 0.2) is 0 Å². The fourth-order valence-electron chi connectivity index (χ4n) is 1.61. The van der Waals surface area contributed by atoms with Gasteiger partial charge in [0, 0.05) is 19.2 Å². The SMILES string of the molecule is CC/C(C=NC)=C/C#CC1CCNCC1. The number of aliphatic imine (C=N–C) groups is 1. The van der Waals surface area contributed by atoms with E-state index in [2.05, 4.69) is 29.1 Å². The van der Waals surface area contributed by atoms with Crippen LogP contribution >= 0.6 is 0 Å². The Morgan fingerprint density at radius 1 is 1.47 bits per heavy atom. The van der Waals surface area contributed by atoms with Crippen LogP contribution in [0.4, 0.5) is 0 Å². The average molecular weight is 204 g/mol. The summed E-state index contributed by atoms with van der Waals surface area (Å²) in [5, 5.41) is 3.34. The number of rotatable bonds is 2. The average Bonchev–Trinajstić information content (AvgIpc) is 2.29. The molecule has 1 N–H and O–H groups in total. The summed E-state index contributed by atoms with van der Waals surface area (Å²) in [5.41, 5.74) is 1.21. The van der Waals surface area contributed by atoms with Gasteiger partial charge in [0.2, 0.25) is 0 Å². The van der Waals surface area contributed by atoms with Crippen LogP contribution in [0.1, 0.15) is 26.2 Å². The van der Waals surface area contributed by atoms with Crippen molar-refractivity contribution < 1.29 is 0 Å². The molecule has 0 bridgehead atoms. The minimum absolute atomic E-state index is 0.583. The predicted octanol–water partition coefficient (Wildman–Crippen LogP) is 2.03. The highest BCUT2D eigenvalue weighted by Gasteiger charge is 2.08. The van der Waals surface area contributed by atoms with Crippen molar-refractivity contribution in [3.05, 3.63) is 11.6 Å². The molecule has 0 saturated carbocycles. The van der Waals surface area contributed by atoms with Crippen molar-refractivity contribution >= 4 is 6.21 Å². The zero-order chi connectivity index (χ0) is 10.9.